The minimum atomic E-state index is 0.992. The second kappa shape index (κ2) is 15.7. The summed E-state index contributed by atoms with van der Waals surface area (Å²) in [5.74, 6) is 0. The van der Waals surface area contributed by atoms with E-state index in [1.54, 1.807) is 0 Å². The zero-order valence-electron chi connectivity index (χ0n) is 7.17. The van der Waals surface area contributed by atoms with Gasteiger partial charge in [-0.05, 0) is 20.3 Å². The zero-order chi connectivity index (χ0) is 8.24. The summed E-state index contributed by atoms with van der Waals surface area (Å²) < 4.78 is 0. The maximum Gasteiger partial charge on any atom is 0.0191 e. The molecule has 0 aliphatic heterocycles. The van der Waals surface area contributed by atoms with Crippen LogP contribution in [0.25, 0.3) is 0 Å². The molecular weight excluding hydrogens is 122 g/mol. The summed E-state index contributed by atoms with van der Waals surface area (Å²) in [7, 11) is 0. The molecule has 0 amide bonds. The summed E-state index contributed by atoms with van der Waals surface area (Å²) in [6, 6.07) is 0. The Kier molecular flexibility index (Phi) is 18.7. The van der Waals surface area contributed by atoms with Crippen molar-refractivity contribution in [3.05, 3.63) is 24.9 Å². The molecule has 0 rings (SSSR count). The maximum absolute atomic E-state index is 3.73. The van der Waals surface area contributed by atoms with Gasteiger partial charge in [-0.15, -0.1) is 0 Å². The largest absolute Gasteiger partial charge is 0.270 e. The molecule has 0 N–H and O–H groups in total. The first-order valence-corrected chi connectivity index (χ1v) is 3.53. The molecule has 0 bridgehead atoms. The predicted octanol–water partition coefficient (Wildman–Crippen LogP) is 3.19. The van der Waals surface area contributed by atoms with Gasteiger partial charge in [0.25, 0.3) is 0 Å². The first kappa shape index (κ1) is 11.9. The molecule has 0 heterocycles. The van der Waals surface area contributed by atoms with Crippen LogP contribution in [0.4, 0.5) is 0 Å². The number of rotatable bonds is 2. The first-order chi connectivity index (χ1) is 4.83. The smallest absolute Gasteiger partial charge is 0.0191 e. The van der Waals surface area contributed by atoms with E-state index in [0.717, 1.165) is 6.42 Å². The molecule has 58 valence electrons. The summed E-state index contributed by atoms with van der Waals surface area (Å²) in [6.07, 6.45) is 8.34. The van der Waals surface area contributed by atoms with E-state index in [9.17, 15) is 0 Å². The highest BCUT2D eigenvalue weighted by Gasteiger charge is 1.55. The Hall–Kier alpha value is -0.850. The van der Waals surface area contributed by atoms with Crippen molar-refractivity contribution in [2.75, 3.05) is 0 Å². The molecule has 1 nitrogen and oxygen atoms in total. The van der Waals surface area contributed by atoms with E-state index in [-0.39, 0.29) is 0 Å². The molecule has 0 aromatic carbocycles. The lowest BCUT2D eigenvalue weighted by molar-refractivity contribution is 1.31. The lowest BCUT2D eigenvalue weighted by Crippen LogP contribution is -1.59. The average molecular weight is 139 g/mol. The molecular formula is C9H17N. The summed E-state index contributed by atoms with van der Waals surface area (Å²) in [5, 5.41) is 0. The number of hydrogen-bond acceptors (Lipinski definition) is 1. The van der Waals surface area contributed by atoms with E-state index in [1.165, 1.54) is 6.20 Å². The van der Waals surface area contributed by atoms with Gasteiger partial charge in [0.05, 0.1) is 0 Å². The van der Waals surface area contributed by atoms with Gasteiger partial charge in [-0.2, -0.15) is 0 Å². The van der Waals surface area contributed by atoms with Gasteiger partial charge in [0.15, 0.2) is 0 Å². The molecule has 0 fully saturated rings. The van der Waals surface area contributed by atoms with Gasteiger partial charge in [0.1, 0.15) is 0 Å². The van der Waals surface area contributed by atoms with Gasteiger partial charge in [-0.3, -0.25) is 4.99 Å². The van der Waals surface area contributed by atoms with Gasteiger partial charge in [0.2, 0.25) is 0 Å². The molecule has 0 spiro atoms. The number of nitrogens with zero attached hydrogens (tertiary/aromatic N) is 1. The van der Waals surface area contributed by atoms with Crippen LogP contribution in [0.5, 0.6) is 0 Å². The fourth-order valence-electron chi connectivity index (χ4n) is 0.180. The average Bonchev–Trinajstić information content (AvgIpc) is 2.01. The highest BCUT2D eigenvalue weighted by atomic mass is 14.6. The van der Waals surface area contributed by atoms with Gasteiger partial charge in [0, 0.05) is 12.4 Å². The van der Waals surface area contributed by atoms with E-state index in [1.807, 2.05) is 39.1 Å². The molecule has 0 radical (unpaired) electrons. The molecule has 0 aromatic rings. The van der Waals surface area contributed by atoms with Crippen molar-refractivity contribution in [3.8, 4) is 0 Å². The molecule has 0 saturated carbocycles. The standard InChI is InChI=1S/C5H9N.C4H8/c1-3-5-6-4-2;1-3-4-2/h4-5H,2-3H2,1H3;3-4H,1-2H3/b;4-3-. The first-order valence-electron chi connectivity index (χ1n) is 3.53. The van der Waals surface area contributed by atoms with Gasteiger partial charge in [-0.25, -0.2) is 0 Å². The molecule has 0 aromatic heterocycles. The van der Waals surface area contributed by atoms with Crippen LogP contribution in [0.1, 0.15) is 27.2 Å². The van der Waals surface area contributed by atoms with Crippen LogP contribution in [-0.2, 0) is 0 Å². The van der Waals surface area contributed by atoms with E-state index < -0.39 is 0 Å². The molecule has 10 heavy (non-hydrogen) atoms. The van der Waals surface area contributed by atoms with Crippen LogP contribution in [-0.4, -0.2) is 6.21 Å². The third-order valence-electron chi connectivity index (χ3n) is 0.727. The van der Waals surface area contributed by atoms with Crippen LogP contribution in [0.2, 0.25) is 0 Å². The minimum Gasteiger partial charge on any atom is -0.270 e. The van der Waals surface area contributed by atoms with Crippen molar-refractivity contribution >= 4 is 6.21 Å². The topological polar surface area (TPSA) is 12.4 Å². The second-order valence-electron chi connectivity index (χ2n) is 1.59. The van der Waals surface area contributed by atoms with Crippen LogP contribution in [0, 0.1) is 0 Å². The zero-order valence-corrected chi connectivity index (χ0v) is 7.17. The monoisotopic (exact) mass is 139 g/mol. The van der Waals surface area contributed by atoms with Crippen molar-refractivity contribution in [1.29, 1.82) is 0 Å². The fraction of sp³-hybridized carbons (Fsp3) is 0.444. The second-order valence-corrected chi connectivity index (χ2v) is 1.59. The molecule has 0 unspecified atom stereocenters. The third kappa shape index (κ3) is 27.3. The lowest BCUT2D eigenvalue weighted by Gasteiger charge is -1.68. The Morgan fingerprint density at radius 3 is 1.90 bits per heavy atom. The van der Waals surface area contributed by atoms with Gasteiger partial charge in [-0.1, -0.05) is 25.7 Å². The summed E-state index contributed by atoms with van der Waals surface area (Å²) in [6.45, 7) is 9.43. The van der Waals surface area contributed by atoms with Crippen molar-refractivity contribution in [1.82, 2.24) is 0 Å². The Morgan fingerprint density at radius 2 is 1.80 bits per heavy atom. The molecule has 1 heteroatoms. The Labute approximate surface area is 64.2 Å². The quantitative estimate of drug-likeness (QED) is 0.411. The normalized spacial score (nSPS) is 9.50. The van der Waals surface area contributed by atoms with Crippen LogP contribution >= 0.6 is 0 Å². The Bertz CT molecular complexity index is 97.3. The number of hydrogen-bond donors (Lipinski definition) is 0. The SMILES string of the molecule is C/C=C\C.C=CN=CCC. The lowest BCUT2D eigenvalue weighted by atomic mass is 10.5. The van der Waals surface area contributed by atoms with Gasteiger partial charge >= 0.3 is 0 Å². The van der Waals surface area contributed by atoms with Crippen molar-refractivity contribution in [2.45, 2.75) is 27.2 Å². The van der Waals surface area contributed by atoms with Crippen LogP contribution in [0.3, 0.4) is 0 Å². The molecule has 0 aliphatic rings. The summed E-state index contributed by atoms with van der Waals surface area (Å²) in [5.41, 5.74) is 0. The molecule has 0 aliphatic carbocycles. The highest BCUT2D eigenvalue weighted by Crippen LogP contribution is 1.67. The highest BCUT2D eigenvalue weighted by molar-refractivity contribution is 5.57. The predicted molar refractivity (Wildman–Crippen MR) is 49.5 cm³/mol. The van der Waals surface area contributed by atoms with E-state index >= 15 is 0 Å². The van der Waals surface area contributed by atoms with Gasteiger partial charge < -0.3 is 0 Å². The van der Waals surface area contributed by atoms with Crippen LogP contribution < -0.4 is 0 Å². The number of allylic oxidation sites excluding steroid dienone is 2. The maximum atomic E-state index is 3.73. The van der Waals surface area contributed by atoms with Crippen LogP contribution in [0.15, 0.2) is 29.9 Å². The van der Waals surface area contributed by atoms with E-state index in [4.69, 9.17) is 0 Å². The molecule has 0 atom stereocenters. The minimum absolute atomic E-state index is 0.992. The molecule has 0 saturated heterocycles. The Balaban J connectivity index is 0. The number of aliphatic imine (C=N–C) groups is 1. The summed E-state index contributed by atoms with van der Waals surface area (Å²) >= 11 is 0. The fourth-order valence-corrected chi connectivity index (χ4v) is 0.180. The summed E-state index contributed by atoms with van der Waals surface area (Å²) in [4.78, 5) is 3.73. The van der Waals surface area contributed by atoms with Crippen molar-refractivity contribution in [3.63, 3.8) is 0 Å². The van der Waals surface area contributed by atoms with Crippen molar-refractivity contribution in [2.24, 2.45) is 4.99 Å². The van der Waals surface area contributed by atoms with E-state index in [2.05, 4.69) is 11.6 Å². The third-order valence-corrected chi connectivity index (χ3v) is 0.727. The van der Waals surface area contributed by atoms with Crippen molar-refractivity contribution < 1.29 is 0 Å². The van der Waals surface area contributed by atoms with E-state index in [0.29, 0.717) is 0 Å². The Morgan fingerprint density at radius 1 is 1.30 bits per heavy atom.